The highest BCUT2D eigenvalue weighted by Gasteiger charge is 2.17. The zero-order valence-electron chi connectivity index (χ0n) is 8.96. The molecule has 0 amide bonds. The fourth-order valence-corrected chi connectivity index (χ4v) is 2.16. The quantitative estimate of drug-likeness (QED) is 0.858. The van der Waals surface area contributed by atoms with E-state index in [1.165, 1.54) is 0 Å². The van der Waals surface area contributed by atoms with Gasteiger partial charge in [0.15, 0.2) is 11.5 Å². The molecule has 0 heterocycles. The second kappa shape index (κ2) is 5.41. The van der Waals surface area contributed by atoms with Gasteiger partial charge >= 0.3 is 0 Å². The van der Waals surface area contributed by atoms with E-state index in [1.807, 2.05) is 6.07 Å². The number of rotatable bonds is 4. The van der Waals surface area contributed by atoms with E-state index in [1.54, 1.807) is 21.3 Å². The van der Waals surface area contributed by atoms with Crippen molar-refractivity contribution in [2.24, 2.45) is 5.73 Å². The number of ether oxygens (including phenoxy) is 3. The van der Waals surface area contributed by atoms with Crippen molar-refractivity contribution in [2.75, 3.05) is 21.3 Å². The number of benzene rings is 1. The predicted octanol–water partition coefficient (Wildman–Crippen LogP) is 1.78. The number of nitrogens with two attached hydrogens (primary N) is 1. The minimum Gasteiger partial charge on any atom is -0.493 e. The minimum absolute atomic E-state index is 0.439. The molecule has 1 aromatic carbocycles. The third-order valence-electron chi connectivity index (χ3n) is 2.06. The van der Waals surface area contributed by atoms with Crippen LogP contribution in [0.25, 0.3) is 0 Å². The highest BCUT2D eigenvalue weighted by molar-refractivity contribution is 14.1. The Morgan fingerprint density at radius 3 is 2.13 bits per heavy atom. The van der Waals surface area contributed by atoms with Gasteiger partial charge in [0.05, 0.1) is 24.9 Å². The van der Waals surface area contributed by atoms with Gasteiger partial charge in [-0.2, -0.15) is 0 Å². The monoisotopic (exact) mass is 323 g/mol. The maximum Gasteiger partial charge on any atom is 0.204 e. The second-order valence-corrected chi connectivity index (χ2v) is 3.90. The molecule has 0 aliphatic carbocycles. The molecular weight excluding hydrogens is 309 g/mol. The summed E-state index contributed by atoms with van der Waals surface area (Å²) in [7, 11) is 4.77. The molecule has 0 spiro atoms. The van der Waals surface area contributed by atoms with E-state index in [4.69, 9.17) is 19.9 Å². The molecule has 0 saturated heterocycles. The standard InChI is InChI=1S/C10H14INO3/c1-13-7-4-6(5-12)8(11)10(15-3)9(7)14-2/h4H,5,12H2,1-3H3. The smallest absolute Gasteiger partial charge is 0.204 e. The highest BCUT2D eigenvalue weighted by atomic mass is 127. The van der Waals surface area contributed by atoms with Gasteiger partial charge in [-0.25, -0.2) is 0 Å². The molecule has 0 aromatic heterocycles. The van der Waals surface area contributed by atoms with Crippen molar-refractivity contribution in [3.8, 4) is 17.2 Å². The van der Waals surface area contributed by atoms with Crippen LogP contribution < -0.4 is 19.9 Å². The maximum absolute atomic E-state index is 5.63. The van der Waals surface area contributed by atoms with Gasteiger partial charge in [0.25, 0.3) is 0 Å². The third-order valence-corrected chi connectivity index (χ3v) is 3.25. The van der Waals surface area contributed by atoms with E-state index in [9.17, 15) is 0 Å². The lowest BCUT2D eigenvalue weighted by Gasteiger charge is -2.15. The van der Waals surface area contributed by atoms with E-state index in [-0.39, 0.29) is 0 Å². The van der Waals surface area contributed by atoms with Crippen LogP contribution in [-0.2, 0) is 6.54 Å². The lowest BCUT2D eigenvalue weighted by Crippen LogP contribution is -2.04. The molecule has 0 radical (unpaired) electrons. The van der Waals surface area contributed by atoms with E-state index < -0.39 is 0 Å². The summed E-state index contributed by atoms with van der Waals surface area (Å²) < 4.78 is 16.7. The van der Waals surface area contributed by atoms with Gasteiger partial charge < -0.3 is 19.9 Å². The van der Waals surface area contributed by atoms with Gasteiger partial charge in [-0.1, -0.05) is 0 Å². The van der Waals surface area contributed by atoms with Gasteiger partial charge in [-0.15, -0.1) is 0 Å². The van der Waals surface area contributed by atoms with Gasteiger partial charge in [0, 0.05) is 6.54 Å². The average molecular weight is 323 g/mol. The minimum atomic E-state index is 0.439. The Balaban J connectivity index is 3.43. The fourth-order valence-electron chi connectivity index (χ4n) is 1.32. The molecule has 1 rings (SSSR count). The van der Waals surface area contributed by atoms with Gasteiger partial charge in [0.2, 0.25) is 5.75 Å². The van der Waals surface area contributed by atoms with Crippen LogP contribution in [0.2, 0.25) is 0 Å². The second-order valence-electron chi connectivity index (χ2n) is 2.82. The molecule has 5 heteroatoms. The number of hydrogen-bond donors (Lipinski definition) is 1. The Kier molecular flexibility index (Phi) is 4.46. The van der Waals surface area contributed by atoms with Crippen molar-refractivity contribution in [2.45, 2.75) is 6.54 Å². The molecule has 15 heavy (non-hydrogen) atoms. The molecule has 2 N–H and O–H groups in total. The first-order valence-corrected chi connectivity index (χ1v) is 5.44. The molecule has 0 aliphatic rings. The molecule has 4 nitrogen and oxygen atoms in total. The van der Waals surface area contributed by atoms with Gasteiger partial charge in [-0.05, 0) is 34.2 Å². The van der Waals surface area contributed by atoms with Crippen molar-refractivity contribution < 1.29 is 14.2 Å². The van der Waals surface area contributed by atoms with E-state index >= 15 is 0 Å². The van der Waals surface area contributed by atoms with Crippen LogP contribution in [-0.4, -0.2) is 21.3 Å². The van der Waals surface area contributed by atoms with Gasteiger partial charge in [-0.3, -0.25) is 0 Å². The van der Waals surface area contributed by atoms with Crippen LogP contribution in [0.15, 0.2) is 6.07 Å². The first kappa shape index (κ1) is 12.4. The van der Waals surface area contributed by atoms with Crippen LogP contribution in [0.3, 0.4) is 0 Å². The molecule has 0 fully saturated rings. The van der Waals surface area contributed by atoms with Crippen molar-refractivity contribution in [3.05, 3.63) is 15.2 Å². The first-order valence-electron chi connectivity index (χ1n) is 4.37. The van der Waals surface area contributed by atoms with E-state index in [0.29, 0.717) is 23.8 Å². The van der Waals surface area contributed by atoms with E-state index in [0.717, 1.165) is 9.13 Å². The van der Waals surface area contributed by atoms with Crippen molar-refractivity contribution >= 4 is 22.6 Å². The largest absolute Gasteiger partial charge is 0.493 e. The van der Waals surface area contributed by atoms with Gasteiger partial charge in [0.1, 0.15) is 0 Å². The lowest BCUT2D eigenvalue weighted by atomic mass is 10.2. The summed E-state index contributed by atoms with van der Waals surface area (Å²) in [5.41, 5.74) is 6.61. The summed E-state index contributed by atoms with van der Waals surface area (Å²) in [6.07, 6.45) is 0. The van der Waals surface area contributed by atoms with E-state index in [2.05, 4.69) is 22.6 Å². The highest BCUT2D eigenvalue weighted by Crippen LogP contribution is 2.42. The predicted molar refractivity (Wildman–Crippen MR) is 66.7 cm³/mol. The maximum atomic E-state index is 5.63. The summed E-state index contributed by atoms with van der Waals surface area (Å²) in [5.74, 6) is 1.90. The average Bonchev–Trinajstić information content (AvgIpc) is 2.28. The number of methoxy groups -OCH3 is 3. The first-order chi connectivity index (χ1) is 7.19. The van der Waals surface area contributed by atoms with Crippen LogP contribution in [0.4, 0.5) is 0 Å². The van der Waals surface area contributed by atoms with Crippen molar-refractivity contribution in [1.82, 2.24) is 0 Å². The molecule has 1 aromatic rings. The Morgan fingerprint density at radius 2 is 1.73 bits per heavy atom. The number of hydrogen-bond acceptors (Lipinski definition) is 4. The SMILES string of the molecule is COc1cc(CN)c(I)c(OC)c1OC. The lowest BCUT2D eigenvalue weighted by molar-refractivity contribution is 0.322. The summed E-state index contributed by atoms with van der Waals surface area (Å²) >= 11 is 2.18. The zero-order valence-corrected chi connectivity index (χ0v) is 11.1. The molecular formula is C10H14INO3. The summed E-state index contributed by atoms with van der Waals surface area (Å²) in [5, 5.41) is 0. The summed E-state index contributed by atoms with van der Waals surface area (Å²) in [4.78, 5) is 0. The third kappa shape index (κ3) is 2.28. The fraction of sp³-hybridized carbons (Fsp3) is 0.400. The molecule has 0 saturated carbocycles. The van der Waals surface area contributed by atoms with Crippen molar-refractivity contribution in [3.63, 3.8) is 0 Å². The zero-order chi connectivity index (χ0) is 11.4. The summed E-state index contributed by atoms with van der Waals surface area (Å²) in [6.45, 7) is 0.439. The molecule has 0 unspecified atom stereocenters. The molecule has 0 aliphatic heterocycles. The Hall–Kier alpha value is -0.690. The van der Waals surface area contributed by atoms with Crippen LogP contribution in [0.5, 0.6) is 17.2 Å². The molecule has 0 bridgehead atoms. The van der Waals surface area contributed by atoms with Crippen LogP contribution in [0, 0.1) is 3.57 Å². The normalized spacial score (nSPS) is 9.93. The molecule has 0 atom stereocenters. The topological polar surface area (TPSA) is 53.7 Å². The van der Waals surface area contributed by atoms with Crippen LogP contribution in [0.1, 0.15) is 5.56 Å². The molecule has 84 valence electrons. The number of halogens is 1. The van der Waals surface area contributed by atoms with Crippen LogP contribution >= 0.6 is 22.6 Å². The van der Waals surface area contributed by atoms with Crippen molar-refractivity contribution in [1.29, 1.82) is 0 Å². The Labute approximate surface area is 103 Å². The Morgan fingerprint density at radius 1 is 1.13 bits per heavy atom. The Bertz CT molecular complexity index is 355. The summed E-state index contributed by atoms with van der Waals surface area (Å²) in [6, 6.07) is 1.86.